The maximum atomic E-state index is 5.74. The van der Waals surface area contributed by atoms with E-state index in [1.165, 1.54) is 0 Å². The highest BCUT2D eigenvalue weighted by atomic mass is 16.6. The first-order chi connectivity index (χ1) is 14.6. The predicted molar refractivity (Wildman–Crippen MR) is 121 cm³/mol. The number of oxime groups is 1. The van der Waals surface area contributed by atoms with Crippen molar-refractivity contribution in [2.45, 2.75) is 6.54 Å². The molecule has 0 spiro atoms. The Morgan fingerprint density at radius 3 is 2.43 bits per heavy atom. The Labute approximate surface area is 176 Å². The van der Waals surface area contributed by atoms with E-state index in [0.29, 0.717) is 24.7 Å². The van der Waals surface area contributed by atoms with Crippen LogP contribution in [-0.4, -0.2) is 56.6 Å². The van der Waals surface area contributed by atoms with Gasteiger partial charge in [-0.25, -0.2) is 0 Å². The molecule has 4 rings (SSSR count). The summed E-state index contributed by atoms with van der Waals surface area (Å²) in [5, 5.41) is 5.72. The number of aromatic nitrogens is 1. The molecule has 2 aromatic carbocycles. The van der Waals surface area contributed by atoms with Crippen LogP contribution in [0.2, 0.25) is 0 Å². The van der Waals surface area contributed by atoms with E-state index < -0.39 is 0 Å². The van der Waals surface area contributed by atoms with Crippen LogP contribution in [0.25, 0.3) is 22.2 Å². The van der Waals surface area contributed by atoms with Gasteiger partial charge in [0.05, 0.1) is 19.9 Å². The Hall–Kier alpha value is -3.25. The van der Waals surface area contributed by atoms with Crippen LogP contribution in [-0.2, 0) is 11.4 Å². The Balaban J connectivity index is 1.97. The fraction of sp³-hybridized carbons (Fsp3) is 0.292. The van der Waals surface area contributed by atoms with E-state index in [9.17, 15) is 0 Å². The molecule has 0 saturated carbocycles. The summed E-state index contributed by atoms with van der Waals surface area (Å²) in [6.07, 6.45) is 1.91. The molecular weight excluding hydrogens is 378 g/mol. The van der Waals surface area contributed by atoms with Crippen LogP contribution in [0, 0.1) is 0 Å². The van der Waals surface area contributed by atoms with Gasteiger partial charge in [0.25, 0.3) is 0 Å². The molecule has 1 heterocycles. The lowest BCUT2D eigenvalue weighted by Gasteiger charge is -2.13. The molecule has 1 aliphatic carbocycles. The van der Waals surface area contributed by atoms with E-state index in [4.69, 9.17) is 14.3 Å². The normalized spacial score (nSPS) is 13.6. The Bertz CT molecular complexity index is 1130. The number of hydrogen-bond donors (Lipinski definition) is 0. The molecule has 0 bridgehead atoms. The fourth-order valence-corrected chi connectivity index (χ4v) is 3.98. The number of benzene rings is 2. The maximum Gasteiger partial charge on any atom is 0.161 e. The minimum absolute atomic E-state index is 0.514. The number of methoxy groups -OCH3 is 2. The zero-order chi connectivity index (χ0) is 21.3. The first-order valence-corrected chi connectivity index (χ1v) is 9.94. The molecule has 0 amide bonds. The Kier molecular flexibility index (Phi) is 5.50. The molecule has 6 nitrogen and oxygen atoms in total. The van der Waals surface area contributed by atoms with Crippen molar-refractivity contribution in [3.8, 4) is 22.8 Å². The van der Waals surface area contributed by atoms with Gasteiger partial charge >= 0.3 is 0 Å². The van der Waals surface area contributed by atoms with Crippen LogP contribution in [0.15, 0.2) is 54.2 Å². The predicted octanol–water partition coefficient (Wildman–Crippen LogP) is 4.16. The highest BCUT2D eigenvalue weighted by Gasteiger charge is 2.33. The number of hydrogen-bond acceptors (Lipinski definition) is 5. The van der Waals surface area contributed by atoms with Crippen LogP contribution >= 0.6 is 0 Å². The van der Waals surface area contributed by atoms with E-state index in [2.05, 4.69) is 45.5 Å². The number of nitrogens with zero attached hydrogens (tertiary/aromatic N) is 3. The number of allylic oxidation sites excluding steroid dienone is 1. The second-order valence-electron chi connectivity index (χ2n) is 7.47. The van der Waals surface area contributed by atoms with E-state index in [-0.39, 0.29) is 0 Å². The van der Waals surface area contributed by atoms with Gasteiger partial charge in [-0.2, -0.15) is 0 Å². The molecule has 0 radical (unpaired) electrons. The molecule has 1 aromatic heterocycles. The summed E-state index contributed by atoms with van der Waals surface area (Å²) in [7, 11) is 7.32. The first-order valence-electron chi connectivity index (χ1n) is 9.94. The van der Waals surface area contributed by atoms with Crippen molar-refractivity contribution in [2.24, 2.45) is 5.16 Å². The molecule has 0 atom stereocenters. The highest BCUT2D eigenvalue weighted by molar-refractivity contribution is 6.30. The van der Waals surface area contributed by atoms with Crippen LogP contribution in [0.1, 0.15) is 11.1 Å². The number of rotatable bonds is 8. The maximum absolute atomic E-state index is 5.74. The third-order valence-corrected chi connectivity index (χ3v) is 5.34. The molecule has 0 unspecified atom stereocenters. The molecule has 1 aliphatic rings. The van der Waals surface area contributed by atoms with E-state index in [1.807, 2.05) is 32.3 Å². The van der Waals surface area contributed by atoms with Gasteiger partial charge in [-0.15, -0.1) is 6.58 Å². The molecule has 156 valence electrons. The second-order valence-corrected chi connectivity index (χ2v) is 7.47. The van der Waals surface area contributed by atoms with Crippen LogP contribution < -0.4 is 9.47 Å². The van der Waals surface area contributed by atoms with Crippen molar-refractivity contribution in [3.63, 3.8) is 0 Å². The summed E-state index contributed by atoms with van der Waals surface area (Å²) in [6.45, 7) is 5.95. The van der Waals surface area contributed by atoms with Crippen molar-refractivity contribution in [2.75, 3.05) is 41.5 Å². The zero-order valence-corrected chi connectivity index (χ0v) is 17.9. The summed E-state index contributed by atoms with van der Waals surface area (Å²) in [5.74, 6) is 1.36. The Morgan fingerprint density at radius 2 is 1.77 bits per heavy atom. The summed E-state index contributed by atoms with van der Waals surface area (Å²) in [5.41, 5.74) is 6.16. The third kappa shape index (κ3) is 3.23. The van der Waals surface area contributed by atoms with Crippen molar-refractivity contribution >= 4 is 16.6 Å². The summed E-state index contributed by atoms with van der Waals surface area (Å²) in [4.78, 5) is 7.80. The number of para-hydroxylation sites is 1. The van der Waals surface area contributed by atoms with E-state index in [0.717, 1.165) is 45.5 Å². The van der Waals surface area contributed by atoms with Gasteiger partial charge in [-0.3, -0.25) is 0 Å². The van der Waals surface area contributed by atoms with Gasteiger partial charge in [0, 0.05) is 40.7 Å². The Morgan fingerprint density at radius 1 is 1.07 bits per heavy atom. The SMILES string of the molecule is C=CCn1c2c(c3ccccc31)/C(=N\OCCN(C)C)c1cc(OC)c(OC)cc1-2. The average molecular weight is 405 g/mol. The topological polar surface area (TPSA) is 48.2 Å². The van der Waals surface area contributed by atoms with E-state index in [1.54, 1.807) is 14.2 Å². The van der Waals surface area contributed by atoms with Gasteiger partial charge in [0.2, 0.25) is 0 Å². The lowest BCUT2D eigenvalue weighted by molar-refractivity contribution is 0.126. The van der Waals surface area contributed by atoms with E-state index >= 15 is 0 Å². The third-order valence-electron chi connectivity index (χ3n) is 5.34. The summed E-state index contributed by atoms with van der Waals surface area (Å²) >= 11 is 0. The average Bonchev–Trinajstić information content (AvgIpc) is 3.23. The number of likely N-dealkylation sites (N-methyl/N-ethyl adjacent to an activating group) is 1. The van der Waals surface area contributed by atoms with Gasteiger partial charge in [0.15, 0.2) is 11.5 Å². The van der Waals surface area contributed by atoms with Crippen molar-refractivity contribution < 1.29 is 14.3 Å². The lowest BCUT2D eigenvalue weighted by Crippen LogP contribution is -2.17. The fourth-order valence-electron chi connectivity index (χ4n) is 3.98. The van der Waals surface area contributed by atoms with Crippen LogP contribution in [0.3, 0.4) is 0 Å². The second kappa shape index (κ2) is 8.24. The molecule has 6 heteroatoms. The molecule has 3 aromatic rings. The molecule has 0 aliphatic heterocycles. The first kappa shape index (κ1) is 20.0. The van der Waals surface area contributed by atoms with Crippen molar-refractivity contribution in [1.82, 2.24) is 9.47 Å². The smallest absolute Gasteiger partial charge is 0.161 e. The quantitative estimate of drug-likeness (QED) is 0.251. The molecule has 30 heavy (non-hydrogen) atoms. The minimum atomic E-state index is 0.514. The van der Waals surface area contributed by atoms with Gasteiger partial charge in [0.1, 0.15) is 12.3 Å². The molecule has 0 N–H and O–H groups in total. The van der Waals surface area contributed by atoms with Crippen molar-refractivity contribution in [1.29, 1.82) is 0 Å². The molecular formula is C24H27N3O3. The zero-order valence-electron chi connectivity index (χ0n) is 17.9. The van der Waals surface area contributed by atoms with Gasteiger partial charge in [-0.1, -0.05) is 29.4 Å². The standard InChI is InChI=1S/C24H27N3O3/c1-6-11-27-19-10-8-7-9-16(19)22-23(25-30-13-12-26(2)3)17-14-20(28-4)21(29-5)15-18(17)24(22)27/h6-10,14-15H,1,11-13H2,2-5H3/b25-23-. The van der Waals surface area contributed by atoms with Crippen LogP contribution in [0.5, 0.6) is 11.5 Å². The lowest BCUT2D eigenvalue weighted by atomic mass is 10.1. The number of fused-ring (bicyclic) bond motifs is 5. The summed E-state index contributed by atoms with van der Waals surface area (Å²) in [6, 6.07) is 12.4. The highest BCUT2D eigenvalue weighted by Crippen LogP contribution is 2.47. The van der Waals surface area contributed by atoms with Crippen molar-refractivity contribution in [3.05, 3.63) is 60.2 Å². The number of ether oxygens (including phenoxy) is 2. The van der Waals surface area contributed by atoms with Gasteiger partial charge < -0.3 is 23.8 Å². The molecule has 0 saturated heterocycles. The summed E-state index contributed by atoms with van der Waals surface area (Å²) < 4.78 is 13.4. The minimum Gasteiger partial charge on any atom is -0.493 e. The molecule has 0 fully saturated rings. The monoisotopic (exact) mass is 405 g/mol. The van der Waals surface area contributed by atoms with Gasteiger partial charge in [-0.05, 0) is 32.3 Å². The largest absolute Gasteiger partial charge is 0.493 e. The van der Waals surface area contributed by atoms with Crippen LogP contribution in [0.4, 0.5) is 0 Å².